The van der Waals surface area contributed by atoms with Gasteiger partial charge in [-0.3, -0.25) is 0 Å². The van der Waals surface area contributed by atoms with E-state index in [4.69, 9.17) is 0 Å². The fraction of sp³-hybridized carbons (Fsp3) is 0.273. The maximum Gasteiger partial charge on any atom is -0.00949 e. The quantitative estimate of drug-likeness (QED) is 0.562. The molecule has 0 fully saturated rings. The van der Waals surface area contributed by atoms with Crippen LogP contribution in [0.5, 0.6) is 0 Å². The average molecular weight is 146 g/mol. The van der Waals surface area contributed by atoms with Crippen LogP contribution >= 0.6 is 0 Å². The molecule has 0 nitrogen and oxygen atoms in total. The summed E-state index contributed by atoms with van der Waals surface area (Å²) >= 11 is 0. The lowest BCUT2D eigenvalue weighted by molar-refractivity contribution is 1.21. The first-order valence-corrected chi connectivity index (χ1v) is 4.00. The fourth-order valence-corrected chi connectivity index (χ4v) is 1.08. The van der Waals surface area contributed by atoms with E-state index in [0.717, 1.165) is 6.42 Å². The van der Waals surface area contributed by atoms with Gasteiger partial charge in [0.1, 0.15) is 0 Å². The Kier molecular flexibility index (Phi) is 2.91. The van der Waals surface area contributed by atoms with Crippen molar-refractivity contribution >= 4 is 0 Å². The van der Waals surface area contributed by atoms with Crippen LogP contribution in [0, 0.1) is 6.92 Å². The van der Waals surface area contributed by atoms with Gasteiger partial charge in [0.25, 0.3) is 0 Å². The first-order valence-electron chi connectivity index (χ1n) is 4.00. The maximum absolute atomic E-state index is 2.18. The summed E-state index contributed by atoms with van der Waals surface area (Å²) in [6.45, 7) is 4.21. The smallest absolute Gasteiger partial charge is 0.00949 e. The predicted molar refractivity (Wildman–Crippen MR) is 49.7 cm³/mol. The van der Waals surface area contributed by atoms with E-state index in [1.807, 2.05) is 0 Å². The molecule has 0 aliphatic rings. The van der Waals surface area contributed by atoms with E-state index >= 15 is 0 Å². The topological polar surface area (TPSA) is 0 Å². The number of hydrogen-bond donors (Lipinski definition) is 0. The van der Waals surface area contributed by atoms with Crippen molar-refractivity contribution in [3.8, 4) is 0 Å². The summed E-state index contributed by atoms with van der Waals surface area (Å²) in [6, 6.07) is 8.49. The van der Waals surface area contributed by atoms with Crippen molar-refractivity contribution in [2.75, 3.05) is 0 Å². The van der Waals surface area contributed by atoms with Crippen LogP contribution in [-0.4, -0.2) is 0 Å². The van der Waals surface area contributed by atoms with Crippen molar-refractivity contribution in [2.45, 2.75) is 20.3 Å². The first kappa shape index (κ1) is 8.06. The van der Waals surface area contributed by atoms with Crippen LogP contribution in [0.4, 0.5) is 0 Å². The minimum absolute atomic E-state index is 1.06. The van der Waals surface area contributed by atoms with Crippen LogP contribution in [0.15, 0.2) is 36.4 Å². The van der Waals surface area contributed by atoms with Crippen molar-refractivity contribution in [3.63, 3.8) is 0 Å². The monoisotopic (exact) mass is 146 g/mol. The third-order valence-corrected chi connectivity index (χ3v) is 1.83. The molecule has 0 saturated carbocycles. The number of rotatable bonds is 2. The summed E-state index contributed by atoms with van der Waals surface area (Å²) in [5.41, 5.74) is 2.80. The predicted octanol–water partition coefficient (Wildman–Crippen LogP) is 3.11. The van der Waals surface area contributed by atoms with E-state index in [1.54, 1.807) is 0 Å². The van der Waals surface area contributed by atoms with Gasteiger partial charge in [0.2, 0.25) is 0 Å². The Hall–Kier alpha value is -1.04. The molecule has 0 N–H and O–H groups in total. The standard InChI is InChI=1S/C11H14/c1-3-4-8-11-9-6-5-7-10(11)2/h3-7,9H,8H2,1-2H3/b4-3-. The van der Waals surface area contributed by atoms with Crippen molar-refractivity contribution in [3.05, 3.63) is 47.5 Å². The maximum atomic E-state index is 2.18. The highest BCUT2D eigenvalue weighted by molar-refractivity contribution is 5.27. The van der Waals surface area contributed by atoms with Crippen molar-refractivity contribution < 1.29 is 0 Å². The Labute approximate surface area is 68.6 Å². The van der Waals surface area contributed by atoms with Gasteiger partial charge < -0.3 is 0 Å². The molecular formula is C11H14. The fourth-order valence-electron chi connectivity index (χ4n) is 1.08. The van der Waals surface area contributed by atoms with Gasteiger partial charge in [-0.2, -0.15) is 0 Å². The number of hydrogen-bond acceptors (Lipinski definition) is 0. The zero-order chi connectivity index (χ0) is 8.10. The summed E-state index contributed by atoms with van der Waals surface area (Å²) < 4.78 is 0. The molecule has 0 radical (unpaired) electrons. The van der Waals surface area contributed by atoms with Gasteiger partial charge >= 0.3 is 0 Å². The van der Waals surface area contributed by atoms with Crippen molar-refractivity contribution in [1.82, 2.24) is 0 Å². The number of allylic oxidation sites excluding steroid dienone is 2. The second-order valence-electron chi connectivity index (χ2n) is 2.70. The van der Waals surface area contributed by atoms with E-state index in [-0.39, 0.29) is 0 Å². The molecule has 0 aliphatic carbocycles. The molecule has 0 aliphatic heterocycles. The molecule has 1 aromatic carbocycles. The average Bonchev–Trinajstić information content (AvgIpc) is 2.03. The SMILES string of the molecule is C/C=C\Cc1ccccc1C. The Morgan fingerprint density at radius 1 is 1.27 bits per heavy atom. The summed E-state index contributed by atoms with van der Waals surface area (Å²) in [7, 11) is 0. The highest BCUT2D eigenvalue weighted by atomic mass is 14.0. The highest BCUT2D eigenvalue weighted by Gasteiger charge is 1.91. The second kappa shape index (κ2) is 3.97. The van der Waals surface area contributed by atoms with Gasteiger partial charge in [0, 0.05) is 0 Å². The van der Waals surface area contributed by atoms with Gasteiger partial charge in [-0.05, 0) is 31.4 Å². The van der Waals surface area contributed by atoms with Crippen LogP contribution < -0.4 is 0 Å². The third kappa shape index (κ3) is 2.23. The third-order valence-electron chi connectivity index (χ3n) is 1.83. The van der Waals surface area contributed by atoms with Crippen molar-refractivity contribution in [2.24, 2.45) is 0 Å². The molecule has 0 unspecified atom stereocenters. The zero-order valence-electron chi connectivity index (χ0n) is 7.17. The molecule has 0 bridgehead atoms. The molecule has 58 valence electrons. The Balaban J connectivity index is 2.77. The van der Waals surface area contributed by atoms with Gasteiger partial charge in [-0.15, -0.1) is 0 Å². The Morgan fingerprint density at radius 2 is 2.00 bits per heavy atom. The van der Waals surface area contributed by atoms with Gasteiger partial charge in [-0.25, -0.2) is 0 Å². The highest BCUT2D eigenvalue weighted by Crippen LogP contribution is 2.07. The lowest BCUT2D eigenvalue weighted by Gasteiger charge is -1.99. The minimum atomic E-state index is 1.06. The van der Waals surface area contributed by atoms with E-state index in [9.17, 15) is 0 Å². The van der Waals surface area contributed by atoms with Crippen molar-refractivity contribution in [1.29, 1.82) is 0 Å². The van der Waals surface area contributed by atoms with E-state index < -0.39 is 0 Å². The van der Waals surface area contributed by atoms with Crippen LogP contribution in [0.2, 0.25) is 0 Å². The van der Waals surface area contributed by atoms with Crippen LogP contribution in [0.25, 0.3) is 0 Å². The summed E-state index contributed by atoms with van der Waals surface area (Å²) in [5.74, 6) is 0. The molecule has 0 aromatic heterocycles. The Bertz CT molecular complexity index is 246. The second-order valence-corrected chi connectivity index (χ2v) is 2.70. The van der Waals surface area contributed by atoms with Crippen LogP contribution in [0.1, 0.15) is 18.1 Å². The molecule has 1 rings (SSSR count). The molecule has 1 aromatic rings. The normalized spacial score (nSPS) is 10.7. The van der Waals surface area contributed by atoms with Gasteiger partial charge in [0.05, 0.1) is 0 Å². The zero-order valence-corrected chi connectivity index (χ0v) is 7.17. The molecule has 0 heteroatoms. The molecule has 11 heavy (non-hydrogen) atoms. The largest absolute Gasteiger partial charge is 0.0913 e. The lowest BCUT2D eigenvalue weighted by atomic mass is 10.1. The molecule has 0 amide bonds. The Morgan fingerprint density at radius 3 is 2.64 bits per heavy atom. The van der Waals surface area contributed by atoms with E-state index in [2.05, 4.69) is 50.3 Å². The molecule has 0 saturated heterocycles. The first-order chi connectivity index (χ1) is 5.34. The molecule has 0 spiro atoms. The molecule has 0 heterocycles. The van der Waals surface area contributed by atoms with E-state index in [0.29, 0.717) is 0 Å². The minimum Gasteiger partial charge on any atom is -0.0913 e. The number of benzene rings is 1. The summed E-state index contributed by atoms with van der Waals surface area (Å²) in [5, 5.41) is 0. The summed E-state index contributed by atoms with van der Waals surface area (Å²) in [4.78, 5) is 0. The number of aryl methyl sites for hydroxylation is 1. The van der Waals surface area contributed by atoms with E-state index in [1.165, 1.54) is 11.1 Å². The van der Waals surface area contributed by atoms with Gasteiger partial charge in [-0.1, -0.05) is 36.4 Å². The summed E-state index contributed by atoms with van der Waals surface area (Å²) in [6.07, 6.45) is 5.33. The lowest BCUT2D eigenvalue weighted by Crippen LogP contribution is -1.84. The van der Waals surface area contributed by atoms with Gasteiger partial charge in [0.15, 0.2) is 0 Å². The molecular weight excluding hydrogens is 132 g/mol. The van der Waals surface area contributed by atoms with Crippen LogP contribution in [-0.2, 0) is 6.42 Å². The molecule has 0 atom stereocenters. The van der Waals surface area contributed by atoms with Crippen LogP contribution in [0.3, 0.4) is 0 Å².